The third-order valence-electron chi connectivity index (χ3n) is 6.96. The van der Waals surface area contributed by atoms with E-state index < -0.39 is 10.0 Å². The second-order valence-electron chi connectivity index (χ2n) is 9.89. The van der Waals surface area contributed by atoms with Crippen LogP contribution in [0.2, 0.25) is 5.02 Å². The molecule has 2 aliphatic rings. The SMILES string of the molecule is C=CC(=O)Nc1cc(Nc2cc(OC3CN(S(C)(=O)=O)C3)c(Cl)cn2)c(OC)cc1N1CCC(N(C)C)CC1. The van der Waals surface area contributed by atoms with E-state index in [0.29, 0.717) is 39.8 Å². The van der Waals surface area contributed by atoms with E-state index in [-0.39, 0.29) is 25.1 Å². The van der Waals surface area contributed by atoms with Crippen molar-refractivity contribution in [2.45, 2.75) is 25.0 Å². The van der Waals surface area contributed by atoms with E-state index in [1.165, 1.54) is 22.8 Å². The average Bonchev–Trinajstić information content (AvgIpc) is 2.87. The molecule has 0 aliphatic carbocycles. The van der Waals surface area contributed by atoms with Crippen LogP contribution in [0.5, 0.6) is 11.5 Å². The van der Waals surface area contributed by atoms with Crippen molar-refractivity contribution in [3.8, 4) is 11.5 Å². The number of hydrogen-bond donors (Lipinski definition) is 2. The maximum atomic E-state index is 12.3. The van der Waals surface area contributed by atoms with Gasteiger partial charge in [-0.05, 0) is 39.1 Å². The van der Waals surface area contributed by atoms with Crippen LogP contribution in [0.15, 0.2) is 37.1 Å². The van der Waals surface area contributed by atoms with Gasteiger partial charge in [0.15, 0.2) is 0 Å². The Morgan fingerprint density at radius 1 is 1.18 bits per heavy atom. The highest BCUT2D eigenvalue weighted by molar-refractivity contribution is 7.88. The second-order valence-corrected chi connectivity index (χ2v) is 12.3. The van der Waals surface area contributed by atoms with E-state index >= 15 is 0 Å². The molecule has 1 amide bonds. The highest BCUT2D eigenvalue weighted by atomic mass is 35.5. The van der Waals surface area contributed by atoms with E-state index in [1.807, 2.05) is 6.07 Å². The Kier molecular flexibility index (Phi) is 8.90. The summed E-state index contributed by atoms with van der Waals surface area (Å²) in [4.78, 5) is 21.1. The minimum absolute atomic E-state index is 0.258. The number of methoxy groups -OCH3 is 1. The van der Waals surface area contributed by atoms with E-state index in [9.17, 15) is 13.2 Å². The fourth-order valence-electron chi connectivity index (χ4n) is 4.65. The smallest absolute Gasteiger partial charge is 0.247 e. The number of amides is 1. The first kappa shape index (κ1) is 28.9. The summed E-state index contributed by atoms with van der Waals surface area (Å²) in [6, 6.07) is 5.86. The summed E-state index contributed by atoms with van der Waals surface area (Å²) >= 11 is 6.31. The molecule has 1 aromatic heterocycles. The van der Waals surface area contributed by atoms with Gasteiger partial charge in [0, 0.05) is 31.3 Å². The molecule has 2 aromatic rings. The molecule has 0 atom stereocenters. The predicted molar refractivity (Wildman–Crippen MR) is 154 cm³/mol. The minimum atomic E-state index is -3.25. The van der Waals surface area contributed by atoms with Crippen molar-refractivity contribution in [2.24, 2.45) is 0 Å². The third-order valence-corrected chi connectivity index (χ3v) is 8.48. The molecule has 0 bridgehead atoms. The number of hydrogen-bond acceptors (Lipinski definition) is 9. The molecular weight excluding hydrogens is 544 g/mol. The van der Waals surface area contributed by atoms with Crippen molar-refractivity contribution < 1.29 is 22.7 Å². The molecule has 0 saturated carbocycles. The zero-order chi connectivity index (χ0) is 28.3. The van der Waals surface area contributed by atoms with Crippen molar-refractivity contribution in [3.05, 3.63) is 42.1 Å². The van der Waals surface area contributed by atoms with Crippen LogP contribution in [-0.2, 0) is 14.8 Å². The quantitative estimate of drug-likeness (QED) is 0.410. The number of benzene rings is 1. The van der Waals surface area contributed by atoms with Gasteiger partial charge >= 0.3 is 0 Å². The molecule has 1 aromatic carbocycles. The lowest BCUT2D eigenvalue weighted by molar-refractivity contribution is -0.111. The van der Waals surface area contributed by atoms with Crippen LogP contribution in [0.1, 0.15) is 12.8 Å². The maximum absolute atomic E-state index is 12.3. The number of sulfonamides is 1. The van der Waals surface area contributed by atoms with Crippen molar-refractivity contribution >= 4 is 50.4 Å². The lowest BCUT2D eigenvalue weighted by atomic mass is 10.0. The van der Waals surface area contributed by atoms with Gasteiger partial charge in [0.05, 0.1) is 49.7 Å². The van der Waals surface area contributed by atoms with Gasteiger partial charge in [0.25, 0.3) is 0 Å². The first-order valence-corrected chi connectivity index (χ1v) is 14.8. The highest BCUT2D eigenvalue weighted by Crippen LogP contribution is 2.40. The third kappa shape index (κ3) is 6.93. The average molecular weight is 579 g/mol. The zero-order valence-corrected chi connectivity index (χ0v) is 24.2. The van der Waals surface area contributed by atoms with Crippen LogP contribution < -0.4 is 25.0 Å². The summed E-state index contributed by atoms with van der Waals surface area (Å²) in [5.74, 6) is 1.07. The first-order valence-electron chi connectivity index (χ1n) is 12.6. The maximum Gasteiger partial charge on any atom is 0.247 e. The summed E-state index contributed by atoms with van der Waals surface area (Å²) in [5.41, 5.74) is 2.06. The van der Waals surface area contributed by atoms with Gasteiger partial charge in [0.2, 0.25) is 15.9 Å². The molecule has 0 radical (unpaired) electrons. The molecule has 0 spiro atoms. The summed E-state index contributed by atoms with van der Waals surface area (Å²) in [6.45, 7) is 5.78. The molecule has 11 nitrogen and oxygen atoms in total. The second kappa shape index (κ2) is 12.0. The molecule has 13 heteroatoms. The van der Waals surface area contributed by atoms with Gasteiger partial charge < -0.3 is 29.9 Å². The predicted octanol–water partition coefficient (Wildman–Crippen LogP) is 3.16. The molecule has 3 heterocycles. The Morgan fingerprint density at radius 2 is 1.87 bits per heavy atom. The zero-order valence-electron chi connectivity index (χ0n) is 22.6. The molecule has 0 unspecified atom stereocenters. The van der Waals surface area contributed by atoms with E-state index in [2.05, 4.69) is 46.1 Å². The Hall–Kier alpha value is -3.06. The molecule has 2 N–H and O–H groups in total. The minimum Gasteiger partial charge on any atom is -0.494 e. The summed E-state index contributed by atoms with van der Waals surface area (Å²) in [6.07, 6.45) is 5.56. The van der Waals surface area contributed by atoms with Crippen molar-refractivity contribution in [1.29, 1.82) is 0 Å². The van der Waals surface area contributed by atoms with Crippen molar-refractivity contribution in [1.82, 2.24) is 14.2 Å². The molecule has 2 fully saturated rings. The number of halogens is 1. The number of nitrogens with zero attached hydrogens (tertiary/aromatic N) is 4. The lowest BCUT2D eigenvalue weighted by Crippen LogP contribution is -2.55. The Balaban J connectivity index is 1.57. The number of carbonyl (C=O) groups excluding carboxylic acids is 1. The van der Waals surface area contributed by atoms with Gasteiger partial charge in [0.1, 0.15) is 28.4 Å². The fraction of sp³-hybridized carbons (Fsp3) is 0.462. The summed E-state index contributed by atoms with van der Waals surface area (Å²) in [7, 11) is 2.52. The molecular formula is C26H35ClN6O5S. The number of aromatic nitrogens is 1. The van der Waals surface area contributed by atoms with Gasteiger partial charge in [-0.15, -0.1) is 0 Å². The van der Waals surface area contributed by atoms with Crippen molar-refractivity contribution in [3.63, 3.8) is 0 Å². The molecule has 39 heavy (non-hydrogen) atoms. The van der Waals surface area contributed by atoms with Crippen LogP contribution in [-0.4, -0.2) is 94.3 Å². The van der Waals surface area contributed by atoms with Crippen LogP contribution in [0.25, 0.3) is 0 Å². The normalized spacial score (nSPS) is 17.0. The Morgan fingerprint density at radius 3 is 2.46 bits per heavy atom. The van der Waals surface area contributed by atoms with Crippen LogP contribution in [0, 0.1) is 0 Å². The van der Waals surface area contributed by atoms with Crippen LogP contribution in [0.4, 0.5) is 22.9 Å². The topological polar surface area (TPSA) is 116 Å². The van der Waals surface area contributed by atoms with Gasteiger partial charge in [-0.25, -0.2) is 13.4 Å². The van der Waals surface area contributed by atoms with Gasteiger partial charge in [-0.3, -0.25) is 4.79 Å². The number of carbonyl (C=O) groups is 1. The number of piperidine rings is 1. The highest BCUT2D eigenvalue weighted by Gasteiger charge is 2.35. The number of pyridine rings is 1. The number of nitrogens with one attached hydrogen (secondary N) is 2. The van der Waals surface area contributed by atoms with Gasteiger partial charge in [-0.1, -0.05) is 18.2 Å². The van der Waals surface area contributed by atoms with Crippen LogP contribution in [0.3, 0.4) is 0 Å². The van der Waals surface area contributed by atoms with Crippen LogP contribution >= 0.6 is 11.6 Å². The molecule has 4 rings (SSSR count). The summed E-state index contributed by atoms with van der Waals surface area (Å²) in [5, 5.41) is 6.46. The lowest BCUT2D eigenvalue weighted by Gasteiger charge is -2.37. The number of rotatable bonds is 10. The number of anilines is 4. The number of ether oxygens (including phenoxy) is 2. The van der Waals surface area contributed by atoms with Crippen molar-refractivity contribution in [2.75, 3.05) is 69.2 Å². The largest absolute Gasteiger partial charge is 0.494 e. The van der Waals surface area contributed by atoms with E-state index in [1.54, 1.807) is 19.2 Å². The fourth-order valence-corrected chi connectivity index (χ4v) is 5.67. The molecule has 2 saturated heterocycles. The van der Waals surface area contributed by atoms with Gasteiger partial charge in [-0.2, -0.15) is 4.31 Å². The molecule has 2 aliphatic heterocycles. The monoisotopic (exact) mass is 578 g/mol. The molecule has 212 valence electrons. The first-order chi connectivity index (χ1) is 18.5. The Labute approximate surface area is 234 Å². The van der Waals surface area contributed by atoms with E-state index in [4.69, 9.17) is 21.1 Å². The Bertz CT molecular complexity index is 1320. The standard InChI is InChI=1S/C26H35ClN6O5S/c1-6-26(34)30-20-11-21(24(37-4)12-22(20)32-9-7-17(8-10-32)31(2)3)29-25-13-23(19(27)14-28-25)38-18-15-33(16-18)39(5,35)36/h6,11-14,17-18H,1,7-10,15-16H2,2-5H3,(H,28,29)(H,30,34). The summed E-state index contributed by atoms with van der Waals surface area (Å²) < 4.78 is 36.3. The van der Waals surface area contributed by atoms with E-state index in [0.717, 1.165) is 31.6 Å².